The second kappa shape index (κ2) is 9.66. The van der Waals surface area contributed by atoms with Crippen molar-refractivity contribution in [1.29, 1.82) is 0 Å². The first-order valence-electron chi connectivity index (χ1n) is 9.20. The first-order chi connectivity index (χ1) is 15.0. The van der Waals surface area contributed by atoms with Crippen LogP contribution >= 0.6 is 43.9 Å². The van der Waals surface area contributed by atoms with Crippen molar-refractivity contribution >= 4 is 61.2 Å². The quantitative estimate of drug-likeness (QED) is 0.180. The lowest BCUT2D eigenvalue weighted by Crippen LogP contribution is -2.12. The Hall–Kier alpha value is -2.64. The Morgan fingerprint density at radius 2 is 1.61 bits per heavy atom. The first kappa shape index (κ1) is 21.6. The summed E-state index contributed by atoms with van der Waals surface area (Å²) in [5, 5.41) is 4.18. The van der Waals surface area contributed by atoms with E-state index in [2.05, 4.69) is 5.32 Å². The summed E-state index contributed by atoms with van der Waals surface area (Å²) in [5.41, 5.74) is 2.97. The Bertz CT molecular complexity index is 1260. The van der Waals surface area contributed by atoms with Crippen molar-refractivity contribution in [3.8, 4) is 16.2 Å². The van der Waals surface area contributed by atoms with Gasteiger partial charge in [-0.2, -0.15) is 0 Å². The highest BCUT2D eigenvalue weighted by atomic mass is 35.5. The molecule has 0 saturated carbocycles. The summed E-state index contributed by atoms with van der Waals surface area (Å²) in [6.07, 6.45) is 0.0686. The molecule has 0 spiro atoms. The molecule has 4 nitrogen and oxygen atoms in total. The minimum absolute atomic E-state index is 0.0286. The molecule has 0 unspecified atom stereocenters. The van der Waals surface area contributed by atoms with Crippen molar-refractivity contribution in [2.75, 3.05) is 5.32 Å². The van der Waals surface area contributed by atoms with Gasteiger partial charge in [0.25, 0.3) is 0 Å². The predicted molar refractivity (Wildman–Crippen MR) is 129 cm³/mol. The van der Waals surface area contributed by atoms with Crippen molar-refractivity contribution < 1.29 is 9.53 Å². The van der Waals surface area contributed by atoms with Gasteiger partial charge in [0.1, 0.15) is 5.75 Å². The number of benzene rings is 3. The molecule has 4 aromatic rings. The highest BCUT2D eigenvalue weighted by molar-refractivity contribution is 7.69. The van der Waals surface area contributed by atoms with Gasteiger partial charge in [-0.3, -0.25) is 9.59 Å². The number of para-hydroxylation sites is 2. The summed E-state index contributed by atoms with van der Waals surface area (Å²) >= 11 is 12.5. The molecule has 156 valence electrons. The van der Waals surface area contributed by atoms with Crippen LogP contribution in [0.5, 0.6) is 5.75 Å². The van der Waals surface area contributed by atoms with E-state index in [-0.39, 0.29) is 11.2 Å². The van der Waals surface area contributed by atoms with Crippen LogP contribution in [0.1, 0.15) is 5.56 Å². The smallest absolute Gasteiger partial charge is 0.315 e. The number of ether oxygens (including phenoxy) is 1. The van der Waals surface area contributed by atoms with E-state index in [4.69, 9.17) is 27.9 Å². The zero-order valence-electron chi connectivity index (χ0n) is 15.9. The summed E-state index contributed by atoms with van der Waals surface area (Å²) in [4.78, 5) is 24.8. The first-order valence-corrected chi connectivity index (χ1v) is 12.1. The predicted octanol–water partition coefficient (Wildman–Crippen LogP) is 7.04. The van der Waals surface area contributed by atoms with Gasteiger partial charge in [-0.05, 0) is 63.9 Å². The van der Waals surface area contributed by atoms with E-state index in [9.17, 15) is 9.59 Å². The van der Waals surface area contributed by atoms with E-state index in [1.807, 2.05) is 36.4 Å². The van der Waals surface area contributed by atoms with Gasteiger partial charge >= 0.3 is 5.97 Å². The molecule has 1 N–H and O–H groups in total. The fourth-order valence-electron chi connectivity index (χ4n) is 2.93. The second-order valence-corrected chi connectivity index (χ2v) is 9.54. The number of nitrogens with one attached hydrogen (secondary N) is 1. The number of esters is 1. The maximum absolute atomic E-state index is 12.5. The number of carbonyl (C=O) groups is 1. The highest BCUT2D eigenvalue weighted by Crippen LogP contribution is 2.34. The molecular weight excluding hydrogens is 473 g/mol. The fraction of sp³-hybridized carbons (Fsp3) is 0.0435. The number of rotatable bonds is 6. The number of carbonyl (C=O) groups excluding carboxylic acids is 1. The topological polar surface area (TPSA) is 55.4 Å². The van der Waals surface area contributed by atoms with Crippen LogP contribution in [-0.4, -0.2) is 5.97 Å². The lowest BCUT2D eigenvalue weighted by molar-refractivity contribution is -0.133. The lowest BCUT2D eigenvalue weighted by atomic mass is 10.1. The molecule has 0 fully saturated rings. The summed E-state index contributed by atoms with van der Waals surface area (Å²) in [6.45, 7) is 0. The van der Waals surface area contributed by atoms with Gasteiger partial charge in [-0.25, -0.2) is 0 Å². The third kappa shape index (κ3) is 5.35. The molecule has 0 radical (unpaired) electrons. The molecule has 3 aromatic carbocycles. The molecule has 31 heavy (non-hydrogen) atoms. The van der Waals surface area contributed by atoms with Crippen molar-refractivity contribution in [2.45, 2.75) is 6.42 Å². The summed E-state index contributed by atoms with van der Waals surface area (Å²) in [6, 6.07) is 21.4. The van der Waals surface area contributed by atoms with E-state index >= 15 is 0 Å². The Morgan fingerprint density at radius 1 is 0.903 bits per heavy atom. The third-order valence-corrected chi connectivity index (χ3v) is 7.22. The number of anilines is 2. The van der Waals surface area contributed by atoms with E-state index < -0.39 is 5.97 Å². The van der Waals surface area contributed by atoms with Gasteiger partial charge in [0.2, 0.25) is 4.74 Å². The maximum atomic E-state index is 12.5. The van der Waals surface area contributed by atoms with Crippen molar-refractivity contribution in [1.82, 2.24) is 0 Å². The zero-order chi connectivity index (χ0) is 21.8. The van der Waals surface area contributed by atoms with Crippen molar-refractivity contribution in [3.05, 3.63) is 97.9 Å². The average molecular weight is 488 g/mol. The largest absolute Gasteiger partial charge is 0.426 e. The normalized spacial score (nSPS) is 10.6. The van der Waals surface area contributed by atoms with Gasteiger partial charge < -0.3 is 10.1 Å². The van der Waals surface area contributed by atoms with Crippen LogP contribution in [0.4, 0.5) is 11.4 Å². The Morgan fingerprint density at radius 3 is 2.29 bits per heavy atom. The van der Waals surface area contributed by atoms with Crippen LogP contribution in [0.2, 0.25) is 10.0 Å². The standard InChI is InChI=1S/C23H15Cl2NO3S2/c24-17-5-3-6-18(25)23(17)26-19-7-2-1-4-15(19)12-21(27)29-16-10-8-14(9-11-16)20-13-22(28)31-30-20/h1-11,13,26H,12H2. The molecule has 0 atom stereocenters. The van der Waals surface area contributed by atoms with Crippen molar-refractivity contribution in [3.63, 3.8) is 0 Å². The minimum Gasteiger partial charge on any atom is -0.426 e. The molecule has 0 aliphatic heterocycles. The van der Waals surface area contributed by atoms with E-state index in [0.717, 1.165) is 21.7 Å². The third-order valence-electron chi connectivity index (χ3n) is 4.41. The SMILES string of the molecule is O=C(Cc1ccccc1Nc1c(Cl)cccc1Cl)Oc1ccc(-c2cc(=O)ss2)cc1. The number of halogens is 2. The van der Waals surface area contributed by atoms with E-state index in [1.165, 1.54) is 20.7 Å². The Kier molecular flexibility index (Phi) is 6.73. The summed E-state index contributed by atoms with van der Waals surface area (Å²) < 4.78 is 5.52. The van der Waals surface area contributed by atoms with Crippen LogP contribution < -0.4 is 14.8 Å². The number of hydrogen-bond acceptors (Lipinski definition) is 6. The molecule has 0 amide bonds. The van der Waals surface area contributed by atoms with Gasteiger partial charge in [0.05, 0.1) is 22.2 Å². The molecule has 1 aromatic heterocycles. The van der Waals surface area contributed by atoms with Crippen LogP contribution in [0, 0.1) is 0 Å². The minimum atomic E-state index is -0.396. The van der Waals surface area contributed by atoms with E-state index in [0.29, 0.717) is 21.5 Å². The monoisotopic (exact) mass is 487 g/mol. The highest BCUT2D eigenvalue weighted by Gasteiger charge is 2.13. The molecule has 0 saturated heterocycles. The van der Waals surface area contributed by atoms with Gasteiger partial charge in [0, 0.05) is 16.6 Å². The molecule has 4 rings (SSSR count). The molecule has 0 bridgehead atoms. The Balaban J connectivity index is 1.46. The van der Waals surface area contributed by atoms with Crippen LogP contribution in [0.3, 0.4) is 0 Å². The van der Waals surface area contributed by atoms with Crippen LogP contribution in [0.25, 0.3) is 10.4 Å². The van der Waals surface area contributed by atoms with Gasteiger partial charge in [0.15, 0.2) is 0 Å². The van der Waals surface area contributed by atoms with Gasteiger partial charge in [-0.15, -0.1) is 0 Å². The number of hydrogen-bond donors (Lipinski definition) is 1. The molecular formula is C23H15Cl2NO3S2. The molecule has 0 aliphatic rings. The van der Waals surface area contributed by atoms with Crippen LogP contribution in [-0.2, 0) is 11.2 Å². The zero-order valence-corrected chi connectivity index (χ0v) is 19.1. The molecule has 0 aliphatic carbocycles. The van der Waals surface area contributed by atoms with Gasteiger partial charge in [-0.1, -0.05) is 57.8 Å². The van der Waals surface area contributed by atoms with Crippen LogP contribution in [0.15, 0.2) is 77.6 Å². The van der Waals surface area contributed by atoms with E-state index in [1.54, 1.807) is 36.4 Å². The molecule has 1 heterocycles. The Labute approximate surface area is 196 Å². The maximum Gasteiger partial charge on any atom is 0.315 e. The molecule has 8 heteroatoms. The average Bonchev–Trinajstić information content (AvgIpc) is 3.19. The lowest BCUT2D eigenvalue weighted by Gasteiger charge is -2.14. The van der Waals surface area contributed by atoms with Crippen molar-refractivity contribution in [2.24, 2.45) is 0 Å². The second-order valence-electron chi connectivity index (χ2n) is 6.55. The summed E-state index contributed by atoms with van der Waals surface area (Å²) in [5.74, 6) is 0.0448. The summed E-state index contributed by atoms with van der Waals surface area (Å²) in [7, 11) is 2.62. The fourth-order valence-corrected chi connectivity index (χ4v) is 5.32.